The molecule has 1 unspecified atom stereocenters. The third kappa shape index (κ3) is 4.90. The lowest BCUT2D eigenvalue weighted by Gasteiger charge is -2.39. The van der Waals surface area contributed by atoms with Crippen molar-refractivity contribution in [3.63, 3.8) is 0 Å². The zero-order valence-electron chi connectivity index (χ0n) is 16.6. The Morgan fingerprint density at radius 2 is 1.57 bits per heavy atom. The number of hydrogen-bond acceptors (Lipinski definition) is 4. The zero-order chi connectivity index (χ0) is 21.0. The number of piperazine rings is 1. The number of benzene rings is 2. The van der Waals surface area contributed by atoms with Gasteiger partial charge in [-0.3, -0.25) is 9.88 Å². The van der Waals surface area contributed by atoms with Crippen molar-refractivity contribution in [3.8, 4) is 0 Å². The van der Waals surface area contributed by atoms with Crippen molar-refractivity contribution in [1.82, 2.24) is 14.2 Å². The highest BCUT2D eigenvalue weighted by molar-refractivity contribution is 7.88. The number of aromatic nitrogens is 1. The molecule has 1 saturated heterocycles. The largest absolute Gasteiger partial charge is 0.290 e. The van der Waals surface area contributed by atoms with Gasteiger partial charge in [0.2, 0.25) is 10.0 Å². The molecule has 0 saturated carbocycles. The van der Waals surface area contributed by atoms with Crippen LogP contribution in [0.15, 0.2) is 79.1 Å². The summed E-state index contributed by atoms with van der Waals surface area (Å²) >= 11 is 6.08. The highest BCUT2D eigenvalue weighted by Crippen LogP contribution is 2.30. The fourth-order valence-corrected chi connectivity index (χ4v) is 5.55. The minimum absolute atomic E-state index is 0.00921. The Bertz CT molecular complexity index is 1050. The van der Waals surface area contributed by atoms with Crippen LogP contribution in [0.1, 0.15) is 22.7 Å². The van der Waals surface area contributed by atoms with E-state index >= 15 is 0 Å². The summed E-state index contributed by atoms with van der Waals surface area (Å²) in [6.07, 6.45) is 3.63. The maximum atomic E-state index is 12.9. The van der Waals surface area contributed by atoms with Gasteiger partial charge in [0.05, 0.1) is 11.8 Å². The molecular formula is C23H24ClN3O2S. The molecule has 0 aliphatic carbocycles. The van der Waals surface area contributed by atoms with E-state index in [1.165, 1.54) is 0 Å². The Kier molecular flexibility index (Phi) is 6.49. The van der Waals surface area contributed by atoms with E-state index in [1.807, 2.05) is 66.9 Å². The van der Waals surface area contributed by atoms with Gasteiger partial charge >= 0.3 is 0 Å². The molecule has 1 aliphatic rings. The van der Waals surface area contributed by atoms with E-state index in [2.05, 4.69) is 16.0 Å². The van der Waals surface area contributed by atoms with Gasteiger partial charge in [0.15, 0.2) is 0 Å². The second-order valence-electron chi connectivity index (χ2n) is 7.42. The summed E-state index contributed by atoms with van der Waals surface area (Å²) in [6.45, 7) is 2.24. The van der Waals surface area contributed by atoms with Gasteiger partial charge in [0.1, 0.15) is 0 Å². The summed E-state index contributed by atoms with van der Waals surface area (Å²) in [4.78, 5) is 6.60. The van der Waals surface area contributed by atoms with Crippen LogP contribution in [0.25, 0.3) is 0 Å². The molecule has 4 rings (SSSR count). The Hall–Kier alpha value is -2.25. The fourth-order valence-electron chi connectivity index (χ4n) is 3.91. The van der Waals surface area contributed by atoms with Crippen molar-refractivity contribution in [3.05, 3.63) is 101 Å². The minimum Gasteiger partial charge on any atom is -0.290 e. The zero-order valence-corrected chi connectivity index (χ0v) is 18.1. The van der Waals surface area contributed by atoms with Crippen molar-refractivity contribution < 1.29 is 8.42 Å². The summed E-state index contributed by atoms with van der Waals surface area (Å²) in [5.41, 5.74) is 3.02. The molecule has 30 heavy (non-hydrogen) atoms. The Labute approximate surface area is 183 Å². The smallest absolute Gasteiger partial charge is 0.218 e. The summed E-state index contributed by atoms with van der Waals surface area (Å²) in [6, 6.07) is 21.2. The molecule has 0 N–H and O–H groups in total. The van der Waals surface area contributed by atoms with E-state index < -0.39 is 10.0 Å². The Morgan fingerprint density at radius 3 is 2.20 bits per heavy atom. The van der Waals surface area contributed by atoms with E-state index in [0.717, 1.165) is 16.7 Å². The summed E-state index contributed by atoms with van der Waals surface area (Å²) < 4.78 is 27.4. The molecule has 1 aliphatic heterocycles. The lowest BCUT2D eigenvalue weighted by atomic mass is 9.98. The number of sulfonamides is 1. The highest BCUT2D eigenvalue weighted by atomic mass is 35.5. The van der Waals surface area contributed by atoms with Crippen LogP contribution in [0.4, 0.5) is 0 Å². The van der Waals surface area contributed by atoms with Gasteiger partial charge in [-0.1, -0.05) is 60.1 Å². The van der Waals surface area contributed by atoms with Crippen LogP contribution >= 0.6 is 11.6 Å². The average molecular weight is 442 g/mol. The summed E-state index contributed by atoms with van der Waals surface area (Å²) in [5, 5.41) is 0.695. The summed E-state index contributed by atoms with van der Waals surface area (Å²) in [7, 11) is -3.34. The van der Waals surface area contributed by atoms with Crippen molar-refractivity contribution in [2.45, 2.75) is 11.8 Å². The number of halogens is 1. The molecule has 1 fully saturated rings. The van der Waals surface area contributed by atoms with Crippen LogP contribution in [0, 0.1) is 0 Å². The molecule has 2 aromatic carbocycles. The number of rotatable bonds is 6. The van der Waals surface area contributed by atoms with Crippen molar-refractivity contribution in [2.24, 2.45) is 0 Å². The van der Waals surface area contributed by atoms with Gasteiger partial charge in [-0.05, 0) is 34.9 Å². The maximum absolute atomic E-state index is 12.9. The van der Waals surface area contributed by atoms with Crippen molar-refractivity contribution >= 4 is 21.6 Å². The lowest BCUT2D eigenvalue weighted by Crippen LogP contribution is -2.50. The molecule has 156 valence electrons. The third-order valence-corrected chi connectivity index (χ3v) is 7.51. The van der Waals surface area contributed by atoms with Gasteiger partial charge in [0, 0.05) is 43.6 Å². The monoisotopic (exact) mass is 441 g/mol. The van der Waals surface area contributed by atoms with Crippen molar-refractivity contribution in [1.29, 1.82) is 0 Å². The number of pyridine rings is 1. The van der Waals surface area contributed by atoms with E-state index in [0.29, 0.717) is 31.2 Å². The molecule has 5 nitrogen and oxygen atoms in total. The van der Waals surface area contributed by atoms with E-state index in [4.69, 9.17) is 11.6 Å². The predicted molar refractivity (Wildman–Crippen MR) is 120 cm³/mol. The first-order chi connectivity index (χ1) is 14.5. The van der Waals surface area contributed by atoms with E-state index in [-0.39, 0.29) is 11.8 Å². The fraction of sp³-hybridized carbons (Fsp3) is 0.261. The van der Waals surface area contributed by atoms with Crippen molar-refractivity contribution in [2.75, 3.05) is 26.2 Å². The van der Waals surface area contributed by atoms with Gasteiger partial charge in [-0.15, -0.1) is 0 Å². The second kappa shape index (κ2) is 9.27. The van der Waals surface area contributed by atoms with Gasteiger partial charge < -0.3 is 0 Å². The van der Waals surface area contributed by atoms with Crippen LogP contribution in [-0.2, 0) is 15.8 Å². The SMILES string of the molecule is O=S(=O)(Cc1ccccc1)N1CCN(C(c2ccc(Cl)cc2)c2cccnc2)CC1. The number of hydrogen-bond donors (Lipinski definition) is 0. The Morgan fingerprint density at radius 1 is 0.867 bits per heavy atom. The normalized spacial score (nSPS) is 17.0. The second-order valence-corrected chi connectivity index (χ2v) is 9.82. The third-order valence-electron chi connectivity index (χ3n) is 5.41. The topological polar surface area (TPSA) is 53.5 Å². The molecule has 0 amide bonds. The predicted octanol–water partition coefficient (Wildman–Crippen LogP) is 3.97. The first-order valence-corrected chi connectivity index (χ1v) is 11.9. The van der Waals surface area contributed by atoms with E-state index in [9.17, 15) is 8.42 Å². The minimum atomic E-state index is -3.34. The molecule has 7 heteroatoms. The van der Waals surface area contributed by atoms with Gasteiger partial charge in [0.25, 0.3) is 0 Å². The molecule has 3 aromatic rings. The van der Waals surface area contributed by atoms with Crippen LogP contribution < -0.4 is 0 Å². The molecule has 1 atom stereocenters. The average Bonchev–Trinajstić information content (AvgIpc) is 2.77. The first-order valence-electron chi connectivity index (χ1n) is 9.94. The van der Waals surface area contributed by atoms with Gasteiger partial charge in [-0.2, -0.15) is 4.31 Å². The molecule has 2 heterocycles. The summed E-state index contributed by atoms with van der Waals surface area (Å²) in [5.74, 6) is 0.0387. The van der Waals surface area contributed by atoms with Crippen LogP contribution in [-0.4, -0.2) is 48.8 Å². The molecule has 0 radical (unpaired) electrons. The van der Waals surface area contributed by atoms with Crippen LogP contribution in [0.3, 0.4) is 0 Å². The van der Waals surface area contributed by atoms with Crippen LogP contribution in [0.5, 0.6) is 0 Å². The number of nitrogens with zero attached hydrogens (tertiary/aromatic N) is 3. The maximum Gasteiger partial charge on any atom is 0.218 e. The van der Waals surface area contributed by atoms with Crippen LogP contribution in [0.2, 0.25) is 5.02 Å². The quantitative estimate of drug-likeness (QED) is 0.580. The molecule has 0 bridgehead atoms. The highest BCUT2D eigenvalue weighted by Gasteiger charge is 2.31. The Balaban J connectivity index is 1.51. The molecular weight excluding hydrogens is 418 g/mol. The first kappa shape index (κ1) is 21.0. The molecule has 1 aromatic heterocycles. The standard InChI is InChI=1S/C23H24ClN3O2S/c24-22-10-8-20(9-11-22)23(21-7-4-12-25-17-21)26-13-15-27(16-14-26)30(28,29)18-19-5-2-1-3-6-19/h1-12,17,23H,13-16,18H2. The lowest BCUT2D eigenvalue weighted by molar-refractivity contribution is 0.155. The van der Waals surface area contributed by atoms with Gasteiger partial charge in [-0.25, -0.2) is 8.42 Å². The van der Waals surface area contributed by atoms with E-state index in [1.54, 1.807) is 10.5 Å². The molecule has 0 spiro atoms.